The normalized spacial score (nSPS) is 15.2. The Bertz CT molecular complexity index is 1180. The van der Waals surface area contributed by atoms with Crippen LogP contribution in [-0.4, -0.2) is 45.6 Å². The zero-order valence-corrected chi connectivity index (χ0v) is 19.4. The molecule has 0 unspecified atom stereocenters. The minimum atomic E-state index is -0.0321. The number of quaternary nitrogens is 1. The van der Waals surface area contributed by atoms with Crippen molar-refractivity contribution >= 4 is 17.4 Å². The molecule has 3 aromatic rings. The van der Waals surface area contributed by atoms with E-state index >= 15 is 0 Å². The van der Waals surface area contributed by atoms with E-state index in [1.165, 1.54) is 18.0 Å². The number of carbonyl (C=O) groups excluding carboxylic acids is 1. The van der Waals surface area contributed by atoms with Crippen molar-refractivity contribution in [2.75, 3.05) is 13.1 Å². The average molecular weight is 457 g/mol. The molecule has 1 aliphatic heterocycles. The summed E-state index contributed by atoms with van der Waals surface area (Å²) in [7, 11) is 0. The molecule has 2 heterocycles. The predicted molar refractivity (Wildman–Crippen MR) is 132 cm³/mol. The van der Waals surface area contributed by atoms with Crippen LogP contribution in [0.15, 0.2) is 73.7 Å². The number of carbonyl (C=O) groups is 1. The fraction of sp³-hybridized carbons (Fsp3) is 0.259. The number of nitrogens with one attached hydrogen (secondary N) is 1. The summed E-state index contributed by atoms with van der Waals surface area (Å²) in [6, 6.07) is 15.7. The van der Waals surface area contributed by atoms with E-state index < -0.39 is 0 Å². The van der Waals surface area contributed by atoms with Crippen molar-refractivity contribution in [3.05, 3.63) is 90.4 Å². The number of rotatable bonds is 9. The minimum Gasteiger partial charge on any atom is -0.457 e. The highest BCUT2D eigenvalue weighted by molar-refractivity contribution is 6.12. The van der Waals surface area contributed by atoms with E-state index in [-0.39, 0.29) is 11.9 Å². The topological polar surface area (TPSA) is 95.8 Å². The van der Waals surface area contributed by atoms with Crippen LogP contribution in [0, 0.1) is 5.41 Å². The third-order valence-electron chi connectivity index (χ3n) is 6.12. The van der Waals surface area contributed by atoms with Gasteiger partial charge >= 0.3 is 0 Å². The number of aromatic nitrogens is 2. The molecule has 2 aromatic carbocycles. The first-order valence-corrected chi connectivity index (χ1v) is 11.6. The summed E-state index contributed by atoms with van der Waals surface area (Å²) in [4.78, 5) is 22.5. The smallest absolute Gasteiger partial charge is 0.246 e. The van der Waals surface area contributed by atoms with Crippen LogP contribution < -0.4 is 10.1 Å². The number of amides is 1. The summed E-state index contributed by atoms with van der Waals surface area (Å²) < 4.78 is 5.98. The van der Waals surface area contributed by atoms with Crippen LogP contribution in [0.4, 0.5) is 5.82 Å². The van der Waals surface area contributed by atoms with Gasteiger partial charge < -0.3 is 9.64 Å². The zero-order chi connectivity index (χ0) is 23.9. The molecule has 1 saturated heterocycles. The highest BCUT2D eigenvalue weighted by atomic mass is 16.5. The number of aryl methyl sites for hydroxylation is 1. The van der Waals surface area contributed by atoms with Crippen molar-refractivity contribution in [1.29, 1.82) is 5.41 Å². The number of nitrogens with zero attached hydrogens (tertiary/aromatic N) is 3. The van der Waals surface area contributed by atoms with Gasteiger partial charge in [-0.05, 0) is 67.3 Å². The highest BCUT2D eigenvalue weighted by Crippen LogP contribution is 2.24. The second-order valence-corrected chi connectivity index (χ2v) is 8.30. The third-order valence-corrected chi connectivity index (χ3v) is 6.12. The molecule has 1 amide bonds. The van der Waals surface area contributed by atoms with E-state index in [2.05, 4.69) is 29.5 Å². The summed E-state index contributed by atoms with van der Waals surface area (Å²) in [5, 5.41) is 10.8. The molecule has 1 atom stereocenters. The van der Waals surface area contributed by atoms with Gasteiger partial charge in [-0.3, -0.25) is 15.5 Å². The van der Waals surface area contributed by atoms with Gasteiger partial charge in [-0.15, -0.1) is 0 Å². The molecule has 3 N–H and O–H groups in total. The van der Waals surface area contributed by atoms with Gasteiger partial charge in [0.25, 0.3) is 0 Å². The maximum atomic E-state index is 12.1. The summed E-state index contributed by atoms with van der Waals surface area (Å²) in [5.41, 5.74) is 2.98. The van der Waals surface area contributed by atoms with Gasteiger partial charge in [0, 0.05) is 18.3 Å². The SMILES string of the molecule is C=CC(=O)N1CCC[C@@H]1C[NH2+]c1ncncc1C(=N)c1ccc(Oc2cccc(CC)c2)cc1. The second-order valence-electron chi connectivity index (χ2n) is 8.30. The predicted octanol–water partition coefficient (Wildman–Crippen LogP) is 3.62. The van der Waals surface area contributed by atoms with Crippen LogP contribution in [0.1, 0.15) is 36.5 Å². The fourth-order valence-electron chi connectivity index (χ4n) is 4.24. The number of hydrogen-bond donors (Lipinski definition) is 2. The van der Waals surface area contributed by atoms with Gasteiger partial charge in [0.05, 0.1) is 17.3 Å². The molecule has 0 saturated carbocycles. The molecule has 1 fully saturated rings. The molecule has 4 rings (SSSR count). The standard InChI is InChI=1S/C27H29N5O2/c1-3-19-7-5-9-23(15-19)34-22-12-10-20(11-13-22)26(28)24-17-29-18-31-27(24)30-16-21-8-6-14-32(21)25(33)4-2/h4-5,7,9-13,15,17-18,21,28H,2-3,6,8,14,16H2,1H3,(H,29,30,31)/p+1/t21-/m1/s1. The van der Waals surface area contributed by atoms with E-state index in [9.17, 15) is 4.79 Å². The Morgan fingerprint density at radius 1 is 1.26 bits per heavy atom. The summed E-state index contributed by atoms with van der Waals surface area (Å²) >= 11 is 0. The van der Waals surface area contributed by atoms with E-state index in [0.29, 0.717) is 29.4 Å². The lowest BCUT2D eigenvalue weighted by molar-refractivity contribution is -0.579. The van der Waals surface area contributed by atoms with Crippen LogP contribution >= 0.6 is 0 Å². The lowest BCUT2D eigenvalue weighted by atomic mass is 10.0. The molecule has 7 heteroatoms. The average Bonchev–Trinajstić information content (AvgIpc) is 3.36. The Morgan fingerprint density at radius 3 is 2.85 bits per heavy atom. The number of hydrogen-bond acceptors (Lipinski definition) is 5. The monoisotopic (exact) mass is 456 g/mol. The summed E-state index contributed by atoms with van der Waals surface area (Å²) in [6.45, 7) is 7.16. The Kier molecular flexibility index (Phi) is 7.44. The van der Waals surface area contributed by atoms with Crippen LogP contribution in [0.2, 0.25) is 0 Å². The van der Waals surface area contributed by atoms with Crippen LogP contribution in [0.25, 0.3) is 0 Å². The van der Waals surface area contributed by atoms with Crippen molar-refractivity contribution in [3.63, 3.8) is 0 Å². The van der Waals surface area contributed by atoms with Crippen molar-refractivity contribution < 1.29 is 14.8 Å². The van der Waals surface area contributed by atoms with E-state index in [1.807, 2.05) is 52.7 Å². The molecular formula is C27H30N5O2+. The quantitative estimate of drug-likeness (QED) is 0.380. The molecule has 34 heavy (non-hydrogen) atoms. The lowest BCUT2D eigenvalue weighted by Gasteiger charge is -2.22. The molecule has 174 valence electrons. The van der Waals surface area contributed by atoms with E-state index in [1.54, 1.807) is 6.20 Å². The number of benzene rings is 2. The molecule has 0 radical (unpaired) electrons. The first-order valence-electron chi connectivity index (χ1n) is 11.6. The van der Waals surface area contributed by atoms with Crippen LogP contribution in [-0.2, 0) is 11.2 Å². The van der Waals surface area contributed by atoms with Crippen molar-refractivity contribution in [2.24, 2.45) is 0 Å². The van der Waals surface area contributed by atoms with Crippen LogP contribution in [0.3, 0.4) is 0 Å². The summed E-state index contributed by atoms with van der Waals surface area (Å²) in [6.07, 6.45) is 7.43. The Balaban J connectivity index is 1.45. The Labute approximate surface area is 200 Å². The Morgan fingerprint density at radius 2 is 2.09 bits per heavy atom. The third kappa shape index (κ3) is 5.38. The Hall–Kier alpha value is -3.84. The van der Waals surface area contributed by atoms with Gasteiger partial charge in [0.2, 0.25) is 11.7 Å². The van der Waals surface area contributed by atoms with Crippen molar-refractivity contribution in [3.8, 4) is 11.5 Å². The zero-order valence-electron chi connectivity index (χ0n) is 19.4. The largest absolute Gasteiger partial charge is 0.457 e. The molecule has 0 spiro atoms. The van der Waals surface area contributed by atoms with Crippen molar-refractivity contribution in [1.82, 2.24) is 14.9 Å². The van der Waals surface area contributed by atoms with Crippen LogP contribution in [0.5, 0.6) is 11.5 Å². The molecule has 0 bridgehead atoms. The van der Waals surface area contributed by atoms with Gasteiger partial charge in [0.1, 0.15) is 24.4 Å². The fourth-order valence-corrected chi connectivity index (χ4v) is 4.24. The first-order chi connectivity index (χ1) is 16.6. The maximum absolute atomic E-state index is 12.1. The molecule has 1 aliphatic rings. The second kappa shape index (κ2) is 10.9. The lowest BCUT2D eigenvalue weighted by Crippen LogP contribution is -2.82. The number of likely N-dealkylation sites (tertiary alicyclic amines) is 1. The molecule has 1 aromatic heterocycles. The maximum Gasteiger partial charge on any atom is 0.246 e. The highest BCUT2D eigenvalue weighted by Gasteiger charge is 2.29. The van der Waals surface area contributed by atoms with Gasteiger partial charge in [0.15, 0.2) is 0 Å². The molecular weight excluding hydrogens is 426 g/mol. The molecule has 0 aliphatic carbocycles. The first kappa shape index (κ1) is 23.3. The van der Waals surface area contributed by atoms with E-state index in [4.69, 9.17) is 10.1 Å². The van der Waals surface area contributed by atoms with E-state index in [0.717, 1.165) is 37.1 Å². The number of ether oxygens (including phenoxy) is 1. The van der Waals surface area contributed by atoms with Gasteiger partial charge in [-0.25, -0.2) is 4.98 Å². The number of nitrogens with two attached hydrogens (primary N) is 1. The van der Waals surface area contributed by atoms with Crippen molar-refractivity contribution in [2.45, 2.75) is 32.2 Å². The minimum absolute atomic E-state index is 0.0321. The summed E-state index contributed by atoms with van der Waals surface area (Å²) in [5.74, 6) is 2.19. The molecule has 7 nitrogen and oxygen atoms in total. The van der Waals surface area contributed by atoms with Gasteiger partial charge in [-0.2, -0.15) is 4.98 Å². The van der Waals surface area contributed by atoms with Gasteiger partial charge in [-0.1, -0.05) is 25.6 Å².